The van der Waals surface area contributed by atoms with Gasteiger partial charge in [0.25, 0.3) is 0 Å². The zero-order chi connectivity index (χ0) is 23.2. The van der Waals surface area contributed by atoms with Crippen LogP contribution in [0.25, 0.3) is 10.4 Å². The fraction of sp³-hybridized carbons (Fsp3) is 0.125. The quantitative estimate of drug-likeness (QED) is 0.258. The van der Waals surface area contributed by atoms with Gasteiger partial charge in [0.1, 0.15) is 10.8 Å². The SMILES string of the molecule is CCOC(=O)c1cc(-c2ccccc2)sc1NC(=S)Nc1ccn(Cc2ccc(F)cc2)n1. The Morgan fingerprint density at radius 2 is 1.88 bits per heavy atom. The minimum absolute atomic E-state index is 0.274. The van der Waals surface area contributed by atoms with Crippen molar-refractivity contribution in [3.63, 3.8) is 0 Å². The molecule has 2 aromatic carbocycles. The maximum Gasteiger partial charge on any atom is 0.341 e. The predicted molar refractivity (Wildman–Crippen MR) is 133 cm³/mol. The Balaban J connectivity index is 1.46. The zero-order valence-corrected chi connectivity index (χ0v) is 19.4. The standard InChI is InChI=1S/C24H21FN4O2S2/c1-2-31-23(30)19-14-20(17-6-4-3-5-7-17)33-22(19)27-24(32)26-21-12-13-29(28-21)15-16-8-10-18(25)11-9-16/h3-14H,2,15H2,1H3,(H2,26,27,28,32). The second-order valence-electron chi connectivity index (χ2n) is 7.04. The summed E-state index contributed by atoms with van der Waals surface area (Å²) in [5, 5.41) is 11.5. The molecule has 2 N–H and O–H groups in total. The molecule has 9 heteroatoms. The van der Waals surface area contributed by atoms with E-state index in [0.717, 1.165) is 16.0 Å². The molecule has 0 spiro atoms. The third-order valence-electron chi connectivity index (χ3n) is 4.65. The summed E-state index contributed by atoms with van der Waals surface area (Å²) >= 11 is 6.87. The van der Waals surface area contributed by atoms with Gasteiger partial charge < -0.3 is 15.4 Å². The molecule has 0 aliphatic carbocycles. The van der Waals surface area contributed by atoms with Crippen LogP contribution >= 0.6 is 23.6 Å². The number of anilines is 2. The van der Waals surface area contributed by atoms with Crippen molar-refractivity contribution in [2.45, 2.75) is 13.5 Å². The normalized spacial score (nSPS) is 10.6. The van der Waals surface area contributed by atoms with Gasteiger partial charge in [-0.3, -0.25) is 4.68 Å². The Hall–Kier alpha value is -3.56. The number of halogens is 1. The van der Waals surface area contributed by atoms with Crippen LogP contribution < -0.4 is 10.6 Å². The Morgan fingerprint density at radius 1 is 1.12 bits per heavy atom. The van der Waals surface area contributed by atoms with Gasteiger partial charge in [-0.1, -0.05) is 42.5 Å². The molecular weight excluding hydrogens is 459 g/mol. The fourth-order valence-electron chi connectivity index (χ4n) is 3.13. The number of esters is 1. The van der Waals surface area contributed by atoms with Crippen LogP contribution in [0.4, 0.5) is 15.2 Å². The Kier molecular flexibility index (Phi) is 7.11. The number of thiophene rings is 1. The summed E-state index contributed by atoms with van der Waals surface area (Å²) in [5.74, 6) is -0.138. The first-order chi connectivity index (χ1) is 16.0. The summed E-state index contributed by atoms with van der Waals surface area (Å²) in [6.07, 6.45) is 1.80. The van der Waals surface area contributed by atoms with Crippen LogP contribution in [-0.4, -0.2) is 27.5 Å². The van der Waals surface area contributed by atoms with Crippen molar-refractivity contribution >= 4 is 45.5 Å². The number of rotatable bonds is 7. The van der Waals surface area contributed by atoms with E-state index in [1.54, 1.807) is 42.1 Å². The highest BCUT2D eigenvalue weighted by Gasteiger charge is 2.19. The number of aromatic nitrogens is 2. The van der Waals surface area contributed by atoms with Crippen LogP contribution in [0.3, 0.4) is 0 Å². The summed E-state index contributed by atoms with van der Waals surface area (Å²) < 4.78 is 20.0. The maximum atomic E-state index is 13.1. The van der Waals surface area contributed by atoms with E-state index in [2.05, 4.69) is 15.7 Å². The third kappa shape index (κ3) is 5.82. The molecule has 0 bridgehead atoms. The monoisotopic (exact) mass is 480 g/mol. The largest absolute Gasteiger partial charge is 0.462 e. The fourth-order valence-corrected chi connectivity index (χ4v) is 4.46. The molecule has 2 heterocycles. The number of nitrogens with zero attached hydrogens (tertiary/aromatic N) is 2. The van der Waals surface area contributed by atoms with Gasteiger partial charge in [-0.2, -0.15) is 5.10 Å². The maximum absolute atomic E-state index is 13.1. The van der Waals surface area contributed by atoms with Crippen molar-refractivity contribution in [1.82, 2.24) is 9.78 Å². The highest BCUT2D eigenvalue weighted by Crippen LogP contribution is 2.36. The molecular formula is C24H21FN4O2S2. The van der Waals surface area contributed by atoms with Gasteiger partial charge in [0.05, 0.1) is 18.7 Å². The molecule has 0 aliphatic heterocycles. The molecule has 6 nitrogen and oxygen atoms in total. The number of hydrogen-bond acceptors (Lipinski definition) is 5. The summed E-state index contributed by atoms with van der Waals surface area (Å²) in [5.41, 5.74) is 2.35. The topological polar surface area (TPSA) is 68.2 Å². The number of carbonyl (C=O) groups is 1. The summed E-state index contributed by atoms with van der Waals surface area (Å²) in [7, 11) is 0. The van der Waals surface area contributed by atoms with Crippen LogP contribution in [0.1, 0.15) is 22.8 Å². The third-order valence-corrected chi connectivity index (χ3v) is 5.96. The van der Waals surface area contributed by atoms with Crippen LogP contribution in [0.5, 0.6) is 0 Å². The van der Waals surface area contributed by atoms with E-state index in [0.29, 0.717) is 28.0 Å². The van der Waals surface area contributed by atoms with E-state index in [1.165, 1.54) is 23.5 Å². The van der Waals surface area contributed by atoms with Gasteiger partial charge in [0.15, 0.2) is 10.9 Å². The van der Waals surface area contributed by atoms with Crippen molar-refractivity contribution in [2.24, 2.45) is 0 Å². The number of carbonyl (C=O) groups excluding carboxylic acids is 1. The van der Waals surface area contributed by atoms with E-state index in [4.69, 9.17) is 17.0 Å². The first kappa shape index (κ1) is 22.6. The molecule has 0 radical (unpaired) electrons. The molecule has 33 heavy (non-hydrogen) atoms. The van der Waals surface area contributed by atoms with E-state index in [1.807, 2.05) is 30.3 Å². The van der Waals surface area contributed by atoms with Crippen molar-refractivity contribution in [1.29, 1.82) is 0 Å². The lowest BCUT2D eigenvalue weighted by Crippen LogP contribution is -2.20. The Labute approximate surface area is 200 Å². The molecule has 168 valence electrons. The lowest BCUT2D eigenvalue weighted by Gasteiger charge is -2.09. The smallest absolute Gasteiger partial charge is 0.341 e. The summed E-state index contributed by atoms with van der Waals surface area (Å²) in [6, 6.07) is 19.7. The van der Waals surface area contributed by atoms with Crippen molar-refractivity contribution < 1.29 is 13.9 Å². The molecule has 2 aromatic heterocycles. The van der Waals surface area contributed by atoms with E-state index in [9.17, 15) is 9.18 Å². The van der Waals surface area contributed by atoms with Crippen LogP contribution in [0, 0.1) is 5.82 Å². The van der Waals surface area contributed by atoms with Gasteiger partial charge in [-0.15, -0.1) is 11.3 Å². The lowest BCUT2D eigenvalue weighted by molar-refractivity contribution is 0.0528. The Morgan fingerprint density at radius 3 is 2.61 bits per heavy atom. The van der Waals surface area contributed by atoms with Crippen LogP contribution in [0.15, 0.2) is 72.9 Å². The van der Waals surface area contributed by atoms with Gasteiger partial charge in [0, 0.05) is 17.1 Å². The highest BCUT2D eigenvalue weighted by molar-refractivity contribution is 7.80. The van der Waals surface area contributed by atoms with E-state index < -0.39 is 5.97 Å². The number of thiocarbonyl (C=S) groups is 1. The minimum Gasteiger partial charge on any atom is -0.462 e. The van der Waals surface area contributed by atoms with Crippen molar-refractivity contribution in [2.75, 3.05) is 17.2 Å². The molecule has 4 rings (SSSR count). The van der Waals surface area contributed by atoms with Gasteiger partial charge in [-0.05, 0) is 48.5 Å². The van der Waals surface area contributed by atoms with Crippen molar-refractivity contribution in [3.8, 4) is 10.4 Å². The summed E-state index contributed by atoms with van der Waals surface area (Å²) in [6.45, 7) is 2.55. The lowest BCUT2D eigenvalue weighted by atomic mass is 10.1. The summed E-state index contributed by atoms with van der Waals surface area (Å²) in [4.78, 5) is 13.4. The average Bonchev–Trinajstić information content (AvgIpc) is 3.43. The van der Waals surface area contributed by atoms with Gasteiger partial charge in [0.2, 0.25) is 0 Å². The predicted octanol–water partition coefficient (Wildman–Crippen LogP) is 5.78. The number of ether oxygens (including phenoxy) is 1. The molecule has 0 saturated carbocycles. The van der Waals surface area contributed by atoms with E-state index in [-0.39, 0.29) is 12.4 Å². The molecule has 0 atom stereocenters. The minimum atomic E-state index is -0.412. The average molecular weight is 481 g/mol. The molecule has 0 fully saturated rings. The van der Waals surface area contributed by atoms with Crippen LogP contribution in [0.2, 0.25) is 0 Å². The number of hydrogen-bond donors (Lipinski definition) is 2. The van der Waals surface area contributed by atoms with Crippen LogP contribution in [-0.2, 0) is 11.3 Å². The molecule has 0 amide bonds. The number of nitrogens with one attached hydrogen (secondary N) is 2. The number of benzene rings is 2. The zero-order valence-electron chi connectivity index (χ0n) is 17.7. The Bertz CT molecular complexity index is 1250. The van der Waals surface area contributed by atoms with E-state index >= 15 is 0 Å². The highest BCUT2D eigenvalue weighted by atomic mass is 32.1. The van der Waals surface area contributed by atoms with Gasteiger partial charge in [-0.25, -0.2) is 9.18 Å². The second-order valence-corrected chi connectivity index (χ2v) is 8.50. The molecule has 0 saturated heterocycles. The second kappa shape index (κ2) is 10.4. The molecule has 4 aromatic rings. The van der Waals surface area contributed by atoms with Gasteiger partial charge >= 0.3 is 5.97 Å². The molecule has 0 unspecified atom stereocenters. The first-order valence-corrected chi connectivity index (χ1v) is 11.5. The first-order valence-electron chi connectivity index (χ1n) is 10.2. The molecule has 0 aliphatic rings. The van der Waals surface area contributed by atoms with Crippen molar-refractivity contribution in [3.05, 3.63) is 89.9 Å².